The second kappa shape index (κ2) is 10.1. The van der Waals surface area contributed by atoms with E-state index in [0.717, 1.165) is 68.9 Å². The lowest BCUT2D eigenvalue weighted by Crippen LogP contribution is -2.47. The normalized spacial score (nSPS) is 21.2. The summed E-state index contributed by atoms with van der Waals surface area (Å²) in [5.41, 5.74) is 2.06. The Bertz CT molecular complexity index is 753. The van der Waals surface area contributed by atoms with Gasteiger partial charge in [0, 0.05) is 39.2 Å². The van der Waals surface area contributed by atoms with Crippen molar-refractivity contribution in [1.29, 1.82) is 0 Å². The number of ether oxygens (including phenoxy) is 1. The number of rotatable bonds is 6. The fourth-order valence-corrected chi connectivity index (χ4v) is 4.31. The van der Waals surface area contributed by atoms with Gasteiger partial charge in [0.2, 0.25) is 0 Å². The number of aromatic amines is 1. The van der Waals surface area contributed by atoms with Crippen molar-refractivity contribution in [1.82, 2.24) is 25.1 Å². The van der Waals surface area contributed by atoms with E-state index in [4.69, 9.17) is 4.74 Å². The van der Waals surface area contributed by atoms with Crippen LogP contribution in [0.2, 0.25) is 0 Å². The fraction of sp³-hybridized carbons (Fsp3) is 0.636. The average molecular weight is 400 g/mol. The molecule has 2 amide bonds. The number of para-hydroxylation sites is 2. The number of carbonyl (C=O) groups excluding carboxylic acids is 1. The van der Waals surface area contributed by atoms with Crippen LogP contribution >= 0.6 is 0 Å². The molecule has 2 saturated heterocycles. The molecule has 1 atom stereocenters. The second-order valence-corrected chi connectivity index (χ2v) is 8.19. The van der Waals surface area contributed by atoms with Crippen molar-refractivity contribution >= 4 is 17.1 Å². The molecule has 0 saturated carbocycles. The molecule has 7 heteroatoms. The zero-order valence-electron chi connectivity index (χ0n) is 17.2. The maximum atomic E-state index is 12.7. The van der Waals surface area contributed by atoms with Crippen molar-refractivity contribution in [3.05, 3.63) is 30.1 Å². The zero-order chi connectivity index (χ0) is 19.9. The molecule has 0 aliphatic carbocycles. The number of aromatic nitrogens is 2. The van der Waals surface area contributed by atoms with E-state index in [1.807, 2.05) is 29.2 Å². The van der Waals surface area contributed by atoms with E-state index in [9.17, 15) is 4.79 Å². The number of aryl methyl sites for hydroxylation is 1. The van der Waals surface area contributed by atoms with Gasteiger partial charge in [-0.3, -0.25) is 0 Å². The highest BCUT2D eigenvalue weighted by Crippen LogP contribution is 2.13. The van der Waals surface area contributed by atoms with Crippen LogP contribution < -0.4 is 5.32 Å². The van der Waals surface area contributed by atoms with Gasteiger partial charge >= 0.3 is 6.03 Å². The number of amides is 2. The largest absolute Gasteiger partial charge is 0.375 e. The van der Waals surface area contributed by atoms with E-state index >= 15 is 0 Å². The van der Waals surface area contributed by atoms with Crippen LogP contribution in [0.1, 0.15) is 37.9 Å². The van der Waals surface area contributed by atoms with Gasteiger partial charge in [0.25, 0.3) is 0 Å². The molecule has 29 heavy (non-hydrogen) atoms. The molecule has 3 heterocycles. The first-order valence-corrected chi connectivity index (χ1v) is 11.1. The summed E-state index contributed by atoms with van der Waals surface area (Å²) in [5.74, 6) is 0.977. The number of carbonyl (C=O) groups is 1. The third-order valence-corrected chi connectivity index (χ3v) is 5.85. The number of piperidine rings is 1. The molecule has 7 nitrogen and oxygen atoms in total. The number of fused-ring (bicyclic) bond motifs is 1. The predicted octanol–water partition coefficient (Wildman–Crippen LogP) is 2.78. The minimum Gasteiger partial charge on any atom is -0.375 e. The van der Waals surface area contributed by atoms with Crippen molar-refractivity contribution in [2.45, 2.75) is 44.6 Å². The highest BCUT2D eigenvalue weighted by atomic mass is 16.5. The van der Waals surface area contributed by atoms with Crippen molar-refractivity contribution in [3.8, 4) is 0 Å². The van der Waals surface area contributed by atoms with Gasteiger partial charge in [-0.15, -0.1) is 0 Å². The van der Waals surface area contributed by atoms with Crippen LogP contribution in [-0.2, 0) is 11.2 Å². The molecule has 2 aliphatic rings. The van der Waals surface area contributed by atoms with Crippen LogP contribution in [0.5, 0.6) is 0 Å². The Hall–Kier alpha value is -2.12. The Labute approximate surface area is 172 Å². The van der Waals surface area contributed by atoms with Crippen LogP contribution in [0.4, 0.5) is 4.79 Å². The molecule has 0 spiro atoms. The molecule has 1 aromatic carbocycles. The number of urea groups is 1. The van der Waals surface area contributed by atoms with E-state index in [1.165, 1.54) is 19.3 Å². The monoisotopic (exact) mass is 399 g/mol. The summed E-state index contributed by atoms with van der Waals surface area (Å²) in [7, 11) is 0. The van der Waals surface area contributed by atoms with Crippen LogP contribution in [0.25, 0.3) is 11.0 Å². The summed E-state index contributed by atoms with van der Waals surface area (Å²) in [5, 5.41) is 3.08. The van der Waals surface area contributed by atoms with Gasteiger partial charge in [-0.05, 0) is 50.9 Å². The Balaban J connectivity index is 1.20. The van der Waals surface area contributed by atoms with Gasteiger partial charge < -0.3 is 24.8 Å². The standard InChI is InChI=1S/C22H33N5O2/c28-22(23-11-6-10-21-24-19-8-2-3-9-20(19)25-21)27-14-7-15-29-18(17-27)16-26-12-4-1-5-13-26/h2-3,8-9,18H,1,4-7,10-17H2,(H,23,28)(H,24,25). The highest BCUT2D eigenvalue weighted by molar-refractivity contribution is 5.75. The van der Waals surface area contributed by atoms with Crippen LogP contribution in [0.15, 0.2) is 24.3 Å². The minimum absolute atomic E-state index is 0.0313. The topological polar surface area (TPSA) is 73.5 Å². The Morgan fingerprint density at radius 3 is 2.90 bits per heavy atom. The van der Waals surface area contributed by atoms with Gasteiger partial charge in [-0.25, -0.2) is 9.78 Å². The molecule has 1 unspecified atom stereocenters. The van der Waals surface area contributed by atoms with Gasteiger partial charge in [0.1, 0.15) is 5.82 Å². The van der Waals surface area contributed by atoms with Gasteiger partial charge in [-0.2, -0.15) is 0 Å². The summed E-state index contributed by atoms with van der Waals surface area (Å²) in [6.07, 6.45) is 6.62. The Morgan fingerprint density at radius 1 is 1.17 bits per heavy atom. The third kappa shape index (κ3) is 5.70. The second-order valence-electron chi connectivity index (χ2n) is 8.19. The third-order valence-electron chi connectivity index (χ3n) is 5.85. The number of benzene rings is 1. The Kier molecular flexibility index (Phi) is 7.00. The summed E-state index contributed by atoms with van der Waals surface area (Å²) in [6, 6.07) is 8.09. The summed E-state index contributed by atoms with van der Waals surface area (Å²) < 4.78 is 6.02. The van der Waals surface area contributed by atoms with Crippen molar-refractivity contribution in [2.75, 3.05) is 45.9 Å². The van der Waals surface area contributed by atoms with E-state index in [1.54, 1.807) is 0 Å². The number of hydrogen-bond donors (Lipinski definition) is 2. The molecule has 0 radical (unpaired) electrons. The Morgan fingerprint density at radius 2 is 2.03 bits per heavy atom. The summed E-state index contributed by atoms with van der Waals surface area (Å²) in [4.78, 5) is 25.0. The number of nitrogens with one attached hydrogen (secondary N) is 2. The highest BCUT2D eigenvalue weighted by Gasteiger charge is 2.24. The first kappa shape index (κ1) is 20.2. The molecule has 2 aromatic rings. The summed E-state index contributed by atoms with van der Waals surface area (Å²) in [6.45, 7) is 6.12. The molecular formula is C22H33N5O2. The van der Waals surface area contributed by atoms with E-state index in [2.05, 4.69) is 20.2 Å². The number of nitrogens with zero attached hydrogens (tertiary/aromatic N) is 3. The molecule has 2 fully saturated rings. The number of likely N-dealkylation sites (tertiary alicyclic amines) is 1. The van der Waals surface area contributed by atoms with Gasteiger partial charge in [-0.1, -0.05) is 18.6 Å². The first-order valence-electron chi connectivity index (χ1n) is 11.1. The van der Waals surface area contributed by atoms with Gasteiger partial charge in [0.05, 0.1) is 17.1 Å². The quantitative estimate of drug-likeness (QED) is 0.733. The van der Waals surface area contributed by atoms with Crippen LogP contribution in [0.3, 0.4) is 0 Å². The molecule has 2 N–H and O–H groups in total. The molecular weight excluding hydrogens is 366 g/mol. The maximum absolute atomic E-state index is 12.7. The smallest absolute Gasteiger partial charge is 0.317 e. The number of H-pyrrole nitrogens is 1. The zero-order valence-corrected chi connectivity index (χ0v) is 17.2. The summed E-state index contributed by atoms with van der Waals surface area (Å²) >= 11 is 0. The fourth-order valence-electron chi connectivity index (χ4n) is 4.31. The van der Waals surface area contributed by atoms with Gasteiger partial charge in [0.15, 0.2) is 0 Å². The number of hydrogen-bond acceptors (Lipinski definition) is 4. The molecule has 1 aromatic heterocycles. The predicted molar refractivity (Wildman–Crippen MR) is 114 cm³/mol. The van der Waals surface area contributed by atoms with E-state index in [0.29, 0.717) is 13.1 Å². The van der Waals surface area contributed by atoms with Crippen LogP contribution in [0, 0.1) is 0 Å². The van der Waals surface area contributed by atoms with Crippen molar-refractivity contribution < 1.29 is 9.53 Å². The van der Waals surface area contributed by atoms with E-state index in [-0.39, 0.29) is 12.1 Å². The lowest BCUT2D eigenvalue weighted by Gasteiger charge is -2.31. The molecule has 4 rings (SSSR count). The average Bonchev–Trinajstić information content (AvgIpc) is 3.02. The van der Waals surface area contributed by atoms with Crippen molar-refractivity contribution in [3.63, 3.8) is 0 Å². The lowest BCUT2D eigenvalue weighted by molar-refractivity contribution is 0.0256. The molecule has 2 aliphatic heterocycles. The SMILES string of the molecule is O=C(NCCCc1nc2ccccc2[nH]1)N1CCCOC(CN2CCCCC2)C1. The maximum Gasteiger partial charge on any atom is 0.317 e. The van der Waals surface area contributed by atoms with Crippen LogP contribution in [-0.4, -0.2) is 77.8 Å². The van der Waals surface area contributed by atoms with E-state index < -0.39 is 0 Å². The number of imidazole rings is 1. The molecule has 0 bridgehead atoms. The molecule has 158 valence electrons. The lowest BCUT2D eigenvalue weighted by atomic mass is 10.1. The van der Waals surface area contributed by atoms with Crippen molar-refractivity contribution in [2.24, 2.45) is 0 Å². The minimum atomic E-state index is 0.0313. The first-order chi connectivity index (χ1) is 14.3.